The van der Waals surface area contributed by atoms with Crippen molar-refractivity contribution in [2.24, 2.45) is 0 Å². The van der Waals surface area contributed by atoms with Crippen LogP contribution < -0.4 is 15.1 Å². The zero-order chi connectivity index (χ0) is 23.1. The standard InChI is InChI=1S/C26H23N3O4/c1-2-3-15-28-21-12-11-20(18-5-4-6-19(24(18)21)26(28)33)27-25(32)16-7-9-17(10-8-16)29-22(30)13-14-23(29)31/h4-12H,2-3,13-15H2,1H3,(H,27,32). The van der Waals surface area contributed by atoms with Gasteiger partial charge in [0.05, 0.1) is 11.4 Å². The molecule has 0 unspecified atom stereocenters. The first-order valence-corrected chi connectivity index (χ1v) is 11.1. The molecule has 3 aromatic rings. The highest BCUT2D eigenvalue weighted by Crippen LogP contribution is 2.40. The second kappa shape index (κ2) is 8.16. The third-order valence-electron chi connectivity index (χ3n) is 6.21. The maximum Gasteiger partial charge on any atom is 0.258 e. The van der Waals surface area contributed by atoms with Crippen molar-refractivity contribution in [3.05, 3.63) is 65.7 Å². The Balaban J connectivity index is 1.42. The van der Waals surface area contributed by atoms with Crippen LogP contribution in [-0.4, -0.2) is 30.2 Å². The van der Waals surface area contributed by atoms with Crippen LogP contribution in [0, 0.1) is 0 Å². The molecule has 1 fully saturated rings. The lowest BCUT2D eigenvalue weighted by Gasteiger charge is -2.18. The van der Waals surface area contributed by atoms with Gasteiger partial charge in [0, 0.05) is 47.0 Å². The molecular weight excluding hydrogens is 418 g/mol. The number of nitrogens with one attached hydrogen (secondary N) is 1. The summed E-state index contributed by atoms with van der Waals surface area (Å²) >= 11 is 0. The Morgan fingerprint density at radius 1 is 0.939 bits per heavy atom. The molecular formula is C26H23N3O4. The predicted molar refractivity (Wildman–Crippen MR) is 127 cm³/mol. The van der Waals surface area contributed by atoms with Crippen LogP contribution in [0.5, 0.6) is 0 Å². The van der Waals surface area contributed by atoms with Gasteiger partial charge in [0.1, 0.15) is 0 Å². The van der Waals surface area contributed by atoms with Gasteiger partial charge in [-0.05, 0) is 48.9 Å². The minimum atomic E-state index is -0.312. The number of carbonyl (C=O) groups is 4. The first-order valence-electron chi connectivity index (χ1n) is 11.1. The molecule has 4 amide bonds. The smallest absolute Gasteiger partial charge is 0.258 e. The molecule has 3 aromatic carbocycles. The Morgan fingerprint density at radius 2 is 1.67 bits per heavy atom. The minimum absolute atomic E-state index is 0.00544. The first-order chi connectivity index (χ1) is 16.0. The molecule has 2 aliphatic rings. The van der Waals surface area contributed by atoms with E-state index in [1.165, 1.54) is 0 Å². The number of benzene rings is 3. The third kappa shape index (κ3) is 3.46. The van der Waals surface area contributed by atoms with E-state index in [0.717, 1.165) is 34.2 Å². The van der Waals surface area contributed by atoms with E-state index in [1.54, 1.807) is 24.3 Å². The molecule has 0 aromatic heterocycles. The number of rotatable bonds is 6. The van der Waals surface area contributed by atoms with Gasteiger partial charge in [-0.25, -0.2) is 0 Å². The van der Waals surface area contributed by atoms with Crippen molar-refractivity contribution in [2.45, 2.75) is 32.6 Å². The number of hydrogen-bond donors (Lipinski definition) is 1. The molecule has 0 bridgehead atoms. The predicted octanol–water partition coefficient (Wildman–Crippen LogP) is 4.51. The molecule has 2 aliphatic heterocycles. The van der Waals surface area contributed by atoms with Gasteiger partial charge < -0.3 is 10.2 Å². The molecule has 33 heavy (non-hydrogen) atoms. The lowest BCUT2D eigenvalue weighted by atomic mass is 10.0. The van der Waals surface area contributed by atoms with Crippen LogP contribution in [0.3, 0.4) is 0 Å². The van der Waals surface area contributed by atoms with Gasteiger partial charge in [-0.15, -0.1) is 0 Å². The van der Waals surface area contributed by atoms with Gasteiger partial charge in [-0.1, -0.05) is 25.5 Å². The number of carbonyl (C=O) groups excluding carboxylic acids is 4. The lowest BCUT2D eigenvalue weighted by molar-refractivity contribution is -0.121. The van der Waals surface area contributed by atoms with Gasteiger partial charge >= 0.3 is 0 Å². The van der Waals surface area contributed by atoms with Gasteiger partial charge in [0.2, 0.25) is 11.8 Å². The molecule has 2 heterocycles. The third-order valence-corrected chi connectivity index (χ3v) is 6.21. The van der Waals surface area contributed by atoms with Crippen LogP contribution in [0.4, 0.5) is 17.1 Å². The van der Waals surface area contributed by atoms with Gasteiger partial charge in [0.15, 0.2) is 0 Å². The van der Waals surface area contributed by atoms with Crippen molar-refractivity contribution in [1.29, 1.82) is 0 Å². The second-order valence-electron chi connectivity index (χ2n) is 8.29. The van der Waals surface area contributed by atoms with Crippen molar-refractivity contribution < 1.29 is 19.2 Å². The van der Waals surface area contributed by atoms with Crippen LogP contribution in [0.1, 0.15) is 53.3 Å². The molecule has 7 heteroatoms. The zero-order valence-corrected chi connectivity index (χ0v) is 18.3. The summed E-state index contributed by atoms with van der Waals surface area (Å²) in [5, 5.41) is 4.62. The molecule has 1 saturated heterocycles. The highest BCUT2D eigenvalue weighted by Gasteiger charge is 2.31. The summed E-state index contributed by atoms with van der Waals surface area (Å²) in [5.41, 5.74) is 3.02. The first kappa shape index (κ1) is 20.9. The SMILES string of the molecule is CCCCN1C(=O)c2cccc3c(NC(=O)c4ccc(N5C(=O)CCC5=O)cc4)ccc1c23. The molecule has 0 aliphatic carbocycles. The number of anilines is 3. The summed E-state index contributed by atoms with van der Waals surface area (Å²) in [7, 11) is 0. The van der Waals surface area contributed by atoms with Crippen molar-refractivity contribution in [2.75, 3.05) is 21.7 Å². The van der Waals surface area contributed by atoms with E-state index < -0.39 is 0 Å². The molecule has 0 radical (unpaired) electrons. The van der Waals surface area contributed by atoms with E-state index in [9.17, 15) is 19.2 Å². The highest BCUT2D eigenvalue weighted by atomic mass is 16.2. The molecule has 0 saturated carbocycles. The van der Waals surface area contributed by atoms with Crippen molar-refractivity contribution in [3.63, 3.8) is 0 Å². The summed E-state index contributed by atoms with van der Waals surface area (Å²) in [6, 6.07) is 15.7. The Morgan fingerprint density at radius 3 is 2.36 bits per heavy atom. The quantitative estimate of drug-likeness (QED) is 0.571. The summed E-state index contributed by atoms with van der Waals surface area (Å²) in [6.07, 6.45) is 2.34. The molecule has 1 N–H and O–H groups in total. The van der Waals surface area contributed by atoms with Crippen LogP contribution in [0.25, 0.3) is 10.8 Å². The van der Waals surface area contributed by atoms with E-state index in [1.807, 2.05) is 35.2 Å². The Kier molecular flexibility index (Phi) is 5.17. The maximum absolute atomic E-state index is 12.9. The van der Waals surface area contributed by atoms with E-state index in [-0.39, 0.29) is 36.5 Å². The fraction of sp³-hybridized carbons (Fsp3) is 0.231. The fourth-order valence-electron chi connectivity index (χ4n) is 4.51. The van der Waals surface area contributed by atoms with Crippen molar-refractivity contribution >= 4 is 51.5 Å². The minimum Gasteiger partial charge on any atom is -0.321 e. The van der Waals surface area contributed by atoms with Crippen LogP contribution in [-0.2, 0) is 9.59 Å². The highest BCUT2D eigenvalue weighted by molar-refractivity contribution is 6.27. The fourth-order valence-corrected chi connectivity index (χ4v) is 4.51. The van der Waals surface area contributed by atoms with Gasteiger partial charge in [0.25, 0.3) is 11.8 Å². The molecule has 7 nitrogen and oxygen atoms in total. The topological polar surface area (TPSA) is 86.8 Å². The molecule has 5 rings (SSSR count). The number of hydrogen-bond acceptors (Lipinski definition) is 4. The van der Waals surface area contributed by atoms with Gasteiger partial charge in [-0.2, -0.15) is 0 Å². The summed E-state index contributed by atoms with van der Waals surface area (Å²) in [5.74, 6) is -0.775. The number of imide groups is 1. The number of unbranched alkanes of at least 4 members (excludes halogenated alkanes) is 1. The van der Waals surface area contributed by atoms with Crippen molar-refractivity contribution in [3.8, 4) is 0 Å². The zero-order valence-electron chi connectivity index (χ0n) is 18.3. The monoisotopic (exact) mass is 441 g/mol. The summed E-state index contributed by atoms with van der Waals surface area (Å²) < 4.78 is 0. The summed E-state index contributed by atoms with van der Waals surface area (Å²) in [6.45, 7) is 2.76. The molecule has 166 valence electrons. The summed E-state index contributed by atoms with van der Waals surface area (Å²) in [4.78, 5) is 52.7. The normalized spacial score (nSPS) is 15.1. The van der Waals surface area contributed by atoms with E-state index in [0.29, 0.717) is 29.0 Å². The van der Waals surface area contributed by atoms with E-state index in [4.69, 9.17) is 0 Å². The number of nitrogens with zero attached hydrogens (tertiary/aromatic N) is 2. The van der Waals surface area contributed by atoms with Crippen LogP contribution in [0.2, 0.25) is 0 Å². The average molecular weight is 441 g/mol. The van der Waals surface area contributed by atoms with E-state index in [2.05, 4.69) is 12.2 Å². The van der Waals surface area contributed by atoms with E-state index >= 15 is 0 Å². The van der Waals surface area contributed by atoms with Crippen LogP contribution >= 0.6 is 0 Å². The maximum atomic E-state index is 12.9. The average Bonchev–Trinajstić information content (AvgIpc) is 3.31. The Hall–Kier alpha value is -4.00. The molecule has 0 atom stereocenters. The second-order valence-corrected chi connectivity index (χ2v) is 8.29. The lowest BCUT2D eigenvalue weighted by Crippen LogP contribution is -2.28. The Bertz CT molecular complexity index is 1300. The van der Waals surface area contributed by atoms with Gasteiger partial charge in [-0.3, -0.25) is 24.1 Å². The number of amides is 4. The molecule has 0 spiro atoms. The Labute approximate surface area is 191 Å². The van der Waals surface area contributed by atoms with Crippen LogP contribution in [0.15, 0.2) is 54.6 Å². The van der Waals surface area contributed by atoms with Crippen molar-refractivity contribution in [1.82, 2.24) is 0 Å². The largest absolute Gasteiger partial charge is 0.321 e.